The van der Waals surface area contributed by atoms with E-state index in [-0.39, 0.29) is 25.2 Å². The quantitative estimate of drug-likeness (QED) is 0.812. The molecule has 1 heterocycles. The van der Waals surface area contributed by atoms with E-state index in [2.05, 4.69) is 10.6 Å². The summed E-state index contributed by atoms with van der Waals surface area (Å²) in [6.07, 6.45) is 3.03. The van der Waals surface area contributed by atoms with E-state index in [4.69, 9.17) is 9.47 Å². The van der Waals surface area contributed by atoms with E-state index in [1.165, 1.54) is 6.08 Å². The molecule has 2 aromatic carbocycles. The SMILES string of the molecule is Cc1cccc(C)c1NC(=O)CNC(=O)/C=C/c1ccc2c(c1)OCO2. The highest BCUT2D eigenvalue weighted by Crippen LogP contribution is 2.32. The van der Waals surface area contributed by atoms with Crippen molar-refractivity contribution in [3.63, 3.8) is 0 Å². The Morgan fingerprint density at radius 2 is 1.81 bits per heavy atom. The molecule has 0 atom stereocenters. The smallest absolute Gasteiger partial charge is 0.244 e. The van der Waals surface area contributed by atoms with Crippen molar-refractivity contribution >= 4 is 23.6 Å². The minimum absolute atomic E-state index is 0.0991. The van der Waals surface area contributed by atoms with Gasteiger partial charge in [-0.2, -0.15) is 0 Å². The van der Waals surface area contributed by atoms with Gasteiger partial charge in [0.05, 0.1) is 6.54 Å². The van der Waals surface area contributed by atoms with Crippen LogP contribution in [-0.4, -0.2) is 25.2 Å². The van der Waals surface area contributed by atoms with Crippen molar-refractivity contribution < 1.29 is 19.1 Å². The number of anilines is 1. The van der Waals surface area contributed by atoms with Crippen LogP contribution in [0.3, 0.4) is 0 Å². The molecule has 0 unspecified atom stereocenters. The monoisotopic (exact) mass is 352 g/mol. The van der Waals surface area contributed by atoms with Crippen molar-refractivity contribution in [2.45, 2.75) is 13.8 Å². The van der Waals surface area contributed by atoms with Crippen molar-refractivity contribution in [3.05, 3.63) is 59.2 Å². The van der Waals surface area contributed by atoms with Crippen LogP contribution in [0.15, 0.2) is 42.5 Å². The summed E-state index contributed by atoms with van der Waals surface area (Å²) < 4.78 is 10.5. The standard InChI is InChI=1S/C20H20N2O4/c1-13-4-3-5-14(2)20(13)22-19(24)11-21-18(23)9-7-15-6-8-16-17(10-15)26-12-25-16/h3-10H,11-12H2,1-2H3,(H,21,23)(H,22,24)/b9-7+. The molecule has 0 spiro atoms. The van der Waals surface area contributed by atoms with E-state index < -0.39 is 0 Å². The Labute approximate surface area is 151 Å². The predicted octanol–water partition coefficient (Wildman–Crippen LogP) is 2.80. The Hall–Kier alpha value is -3.28. The Bertz CT molecular complexity index is 854. The summed E-state index contributed by atoms with van der Waals surface area (Å²) in [6, 6.07) is 11.2. The molecular weight excluding hydrogens is 332 g/mol. The number of ether oxygens (including phenoxy) is 2. The maximum absolute atomic E-state index is 12.0. The third kappa shape index (κ3) is 4.22. The van der Waals surface area contributed by atoms with Gasteiger partial charge in [-0.15, -0.1) is 0 Å². The molecule has 134 valence electrons. The number of nitrogens with one attached hydrogen (secondary N) is 2. The Morgan fingerprint density at radius 3 is 2.58 bits per heavy atom. The zero-order valence-corrected chi connectivity index (χ0v) is 14.7. The summed E-state index contributed by atoms with van der Waals surface area (Å²) >= 11 is 0. The first-order valence-corrected chi connectivity index (χ1v) is 8.24. The molecule has 0 fully saturated rings. The van der Waals surface area contributed by atoms with Crippen LogP contribution in [0.25, 0.3) is 6.08 Å². The second kappa shape index (κ2) is 7.74. The number of hydrogen-bond donors (Lipinski definition) is 2. The number of para-hydroxylation sites is 1. The minimum Gasteiger partial charge on any atom is -0.454 e. The lowest BCUT2D eigenvalue weighted by atomic mass is 10.1. The van der Waals surface area contributed by atoms with E-state index in [0.717, 1.165) is 22.4 Å². The number of carbonyl (C=O) groups excluding carboxylic acids is 2. The van der Waals surface area contributed by atoms with Crippen molar-refractivity contribution in [1.29, 1.82) is 0 Å². The third-order valence-corrected chi connectivity index (χ3v) is 3.99. The lowest BCUT2D eigenvalue weighted by Gasteiger charge is -2.11. The number of hydrogen-bond acceptors (Lipinski definition) is 4. The van der Waals surface area contributed by atoms with Crippen molar-refractivity contribution in [2.24, 2.45) is 0 Å². The first kappa shape index (κ1) is 17.5. The third-order valence-electron chi connectivity index (χ3n) is 3.99. The Kier molecular flexibility index (Phi) is 5.22. The molecule has 26 heavy (non-hydrogen) atoms. The molecule has 0 radical (unpaired) electrons. The second-order valence-electron chi connectivity index (χ2n) is 5.98. The number of amides is 2. The maximum Gasteiger partial charge on any atom is 0.244 e. The molecule has 6 nitrogen and oxygen atoms in total. The molecule has 6 heteroatoms. The Morgan fingerprint density at radius 1 is 1.08 bits per heavy atom. The summed E-state index contributed by atoms with van der Waals surface area (Å²) in [6.45, 7) is 3.96. The maximum atomic E-state index is 12.0. The number of carbonyl (C=O) groups is 2. The van der Waals surface area contributed by atoms with Gasteiger partial charge < -0.3 is 20.1 Å². The normalized spacial score (nSPS) is 12.2. The van der Waals surface area contributed by atoms with E-state index in [0.29, 0.717) is 11.5 Å². The summed E-state index contributed by atoms with van der Waals surface area (Å²) in [7, 11) is 0. The number of fused-ring (bicyclic) bond motifs is 1. The highest BCUT2D eigenvalue weighted by Gasteiger charge is 2.12. The van der Waals surface area contributed by atoms with Crippen LogP contribution in [0.1, 0.15) is 16.7 Å². The van der Waals surface area contributed by atoms with Gasteiger partial charge in [-0.25, -0.2) is 0 Å². The summed E-state index contributed by atoms with van der Waals surface area (Å²) in [4.78, 5) is 24.0. The van der Waals surface area contributed by atoms with Crippen LogP contribution in [0.2, 0.25) is 0 Å². The van der Waals surface area contributed by atoms with E-state index >= 15 is 0 Å². The van der Waals surface area contributed by atoms with Crippen LogP contribution in [0.4, 0.5) is 5.69 Å². The zero-order chi connectivity index (χ0) is 18.5. The Balaban J connectivity index is 1.51. The fraction of sp³-hybridized carbons (Fsp3) is 0.200. The van der Waals surface area contributed by atoms with Gasteiger partial charge in [-0.05, 0) is 48.7 Å². The van der Waals surface area contributed by atoms with E-state index in [1.807, 2.05) is 38.1 Å². The van der Waals surface area contributed by atoms with Gasteiger partial charge in [0.1, 0.15) is 0 Å². The van der Waals surface area contributed by atoms with E-state index in [9.17, 15) is 9.59 Å². The zero-order valence-electron chi connectivity index (χ0n) is 14.7. The van der Waals surface area contributed by atoms with Gasteiger partial charge in [0, 0.05) is 11.8 Å². The van der Waals surface area contributed by atoms with Crippen LogP contribution in [-0.2, 0) is 9.59 Å². The molecule has 0 saturated carbocycles. The van der Waals surface area contributed by atoms with Gasteiger partial charge in [0.15, 0.2) is 11.5 Å². The first-order valence-electron chi connectivity index (χ1n) is 8.24. The van der Waals surface area contributed by atoms with Crippen LogP contribution < -0.4 is 20.1 Å². The molecule has 2 aromatic rings. The van der Waals surface area contributed by atoms with Crippen molar-refractivity contribution in [2.75, 3.05) is 18.7 Å². The largest absolute Gasteiger partial charge is 0.454 e. The fourth-order valence-corrected chi connectivity index (χ4v) is 2.61. The highest BCUT2D eigenvalue weighted by atomic mass is 16.7. The first-order chi connectivity index (χ1) is 12.5. The van der Waals surface area contributed by atoms with Gasteiger partial charge in [0.25, 0.3) is 0 Å². The average molecular weight is 352 g/mol. The molecule has 3 rings (SSSR count). The second-order valence-corrected chi connectivity index (χ2v) is 5.98. The number of benzene rings is 2. The topological polar surface area (TPSA) is 76.7 Å². The highest BCUT2D eigenvalue weighted by molar-refractivity contribution is 5.98. The molecule has 1 aliphatic heterocycles. The minimum atomic E-state index is -0.348. The van der Waals surface area contributed by atoms with Crippen LogP contribution in [0.5, 0.6) is 11.5 Å². The summed E-state index contributed by atoms with van der Waals surface area (Å²) in [5.74, 6) is 0.724. The lowest BCUT2D eigenvalue weighted by molar-refractivity contribution is -0.121. The fourth-order valence-electron chi connectivity index (χ4n) is 2.61. The molecule has 2 N–H and O–H groups in total. The number of rotatable bonds is 5. The van der Waals surface area contributed by atoms with Crippen molar-refractivity contribution in [1.82, 2.24) is 5.32 Å². The lowest BCUT2D eigenvalue weighted by Crippen LogP contribution is -2.32. The van der Waals surface area contributed by atoms with Crippen molar-refractivity contribution in [3.8, 4) is 11.5 Å². The molecule has 0 bridgehead atoms. The number of aryl methyl sites for hydroxylation is 2. The molecule has 0 aromatic heterocycles. The van der Waals surface area contributed by atoms with Crippen LogP contribution >= 0.6 is 0 Å². The van der Waals surface area contributed by atoms with E-state index in [1.54, 1.807) is 18.2 Å². The molecular formula is C20H20N2O4. The average Bonchev–Trinajstić information content (AvgIpc) is 3.09. The van der Waals surface area contributed by atoms with Gasteiger partial charge in [-0.3, -0.25) is 9.59 Å². The molecule has 0 aliphatic carbocycles. The summed E-state index contributed by atoms with van der Waals surface area (Å²) in [5.41, 5.74) is 3.55. The molecule has 0 saturated heterocycles. The predicted molar refractivity (Wildman–Crippen MR) is 99.2 cm³/mol. The van der Waals surface area contributed by atoms with Gasteiger partial charge in [-0.1, -0.05) is 24.3 Å². The van der Waals surface area contributed by atoms with Crippen LogP contribution in [0, 0.1) is 13.8 Å². The van der Waals surface area contributed by atoms with Gasteiger partial charge >= 0.3 is 0 Å². The molecule has 1 aliphatic rings. The van der Waals surface area contributed by atoms with Gasteiger partial charge in [0.2, 0.25) is 18.6 Å². The summed E-state index contributed by atoms with van der Waals surface area (Å²) in [5, 5.41) is 5.40. The molecule has 2 amide bonds.